The Kier molecular flexibility index (Phi) is 9.95. The van der Waals surface area contributed by atoms with E-state index in [1.807, 2.05) is 11.0 Å². The lowest BCUT2D eigenvalue weighted by Crippen LogP contribution is -2.36. The third-order valence-electron chi connectivity index (χ3n) is 7.10. The highest BCUT2D eigenvalue weighted by Gasteiger charge is 2.31. The molecule has 3 heterocycles. The summed E-state index contributed by atoms with van der Waals surface area (Å²) in [5.41, 5.74) is 1.65. The van der Waals surface area contributed by atoms with E-state index in [-0.39, 0.29) is 31.4 Å². The summed E-state index contributed by atoms with van der Waals surface area (Å²) in [6.07, 6.45) is -3.83. The van der Waals surface area contributed by atoms with Crippen molar-refractivity contribution in [3.8, 4) is 17.6 Å². The van der Waals surface area contributed by atoms with E-state index in [1.165, 1.54) is 17.4 Å². The molecule has 0 saturated carbocycles. The number of morpholine rings is 1. The molecule has 0 aliphatic carbocycles. The van der Waals surface area contributed by atoms with Gasteiger partial charge in [-0.25, -0.2) is 4.39 Å². The first kappa shape index (κ1) is 30.2. The second kappa shape index (κ2) is 13.8. The van der Waals surface area contributed by atoms with Crippen LogP contribution >= 0.6 is 11.3 Å². The van der Waals surface area contributed by atoms with Gasteiger partial charge in [-0.3, -0.25) is 0 Å². The van der Waals surface area contributed by atoms with Crippen molar-refractivity contribution in [1.82, 2.24) is 0 Å². The van der Waals surface area contributed by atoms with Crippen molar-refractivity contribution in [2.45, 2.75) is 31.5 Å². The third-order valence-corrected chi connectivity index (χ3v) is 8.29. The number of rotatable bonds is 9. The predicted octanol–water partition coefficient (Wildman–Crippen LogP) is 5.41. The number of anilines is 3. The lowest BCUT2D eigenvalue weighted by molar-refractivity contribution is -0.126. The SMILES string of the molecule is OCCOc1cc(N2CCOCC2)c(F)cc1NCC#Cc1sc2c(NC3CCOCC3)cccc2c1CC(F)(F)F. The Morgan fingerprint density at radius 2 is 1.83 bits per heavy atom. The summed E-state index contributed by atoms with van der Waals surface area (Å²) in [7, 11) is 0. The molecule has 2 aromatic carbocycles. The minimum atomic E-state index is -4.40. The maximum atomic E-state index is 15.1. The molecule has 0 atom stereocenters. The van der Waals surface area contributed by atoms with Crippen molar-refractivity contribution in [1.29, 1.82) is 0 Å². The van der Waals surface area contributed by atoms with Gasteiger partial charge in [-0.2, -0.15) is 13.2 Å². The lowest BCUT2D eigenvalue weighted by Gasteiger charge is -2.29. The van der Waals surface area contributed by atoms with Gasteiger partial charge in [-0.05, 0) is 29.9 Å². The summed E-state index contributed by atoms with van der Waals surface area (Å²) >= 11 is 1.24. The molecule has 5 rings (SSSR count). The quantitative estimate of drug-likeness (QED) is 0.222. The Balaban J connectivity index is 1.38. The molecule has 0 radical (unpaired) electrons. The van der Waals surface area contributed by atoms with Crippen LogP contribution in [0.25, 0.3) is 10.1 Å². The van der Waals surface area contributed by atoms with Gasteiger partial charge in [0.15, 0.2) is 0 Å². The summed E-state index contributed by atoms with van der Waals surface area (Å²) < 4.78 is 73.0. The first-order valence-corrected chi connectivity index (χ1v) is 14.7. The molecule has 2 saturated heterocycles. The molecule has 0 spiro atoms. The number of hydrogen-bond acceptors (Lipinski definition) is 8. The van der Waals surface area contributed by atoms with Crippen LogP contribution in [0.15, 0.2) is 30.3 Å². The Morgan fingerprint density at radius 1 is 1.07 bits per heavy atom. The van der Waals surface area contributed by atoms with Gasteiger partial charge in [0, 0.05) is 44.5 Å². The van der Waals surface area contributed by atoms with Crippen LogP contribution in [0.2, 0.25) is 0 Å². The van der Waals surface area contributed by atoms with Crippen molar-refractivity contribution >= 4 is 38.5 Å². The van der Waals surface area contributed by atoms with Gasteiger partial charge < -0.3 is 34.9 Å². The fourth-order valence-corrected chi connectivity index (χ4v) is 6.26. The number of thiophene rings is 1. The molecule has 1 aromatic heterocycles. The van der Waals surface area contributed by atoms with E-state index in [2.05, 4.69) is 22.5 Å². The molecule has 0 amide bonds. The number of halogens is 4. The molecule has 42 heavy (non-hydrogen) atoms. The summed E-state index contributed by atoms with van der Waals surface area (Å²) in [4.78, 5) is 2.21. The zero-order valence-corrected chi connectivity index (χ0v) is 23.8. The molecule has 2 fully saturated rings. The molecule has 7 nitrogen and oxygen atoms in total. The first-order chi connectivity index (χ1) is 20.3. The van der Waals surface area contributed by atoms with E-state index < -0.39 is 18.4 Å². The van der Waals surface area contributed by atoms with Crippen molar-refractivity contribution in [3.63, 3.8) is 0 Å². The van der Waals surface area contributed by atoms with E-state index in [4.69, 9.17) is 14.2 Å². The lowest BCUT2D eigenvalue weighted by atomic mass is 10.1. The van der Waals surface area contributed by atoms with Gasteiger partial charge in [0.25, 0.3) is 0 Å². The van der Waals surface area contributed by atoms with Crippen LogP contribution in [0.4, 0.5) is 34.6 Å². The molecule has 12 heteroatoms. The molecular weight excluding hydrogens is 574 g/mol. The van der Waals surface area contributed by atoms with Crippen LogP contribution in [0, 0.1) is 17.7 Å². The second-order valence-corrected chi connectivity index (χ2v) is 11.1. The maximum Gasteiger partial charge on any atom is 0.393 e. The van der Waals surface area contributed by atoms with E-state index in [0.717, 1.165) is 23.2 Å². The highest BCUT2D eigenvalue weighted by Crippen LogP contribution is 2.39. The fourth-order valence-electron chi connectivity index (χ4n) is 5.09. The van der Waals surface area contributed by atoms with E-state index in [9.17, 15) is 18.3 Å². The molecule has 2 aliphatic heterocycles. The van der Waals surface area contributed by atoms with E-state index >= 15 is 4.39 Å². The largest absolute Gasteiger partial charge is 0.489 e. The molecule has 3 aromatic rings. The van der Waals surface area contributed by atoms with Crippen molar-refractivity contribution < 1.29 is 36.9 Å². The highest BCUT2D eigenvalue weighted by molar-refractivity contribution is 7.20. The van der Waals surface area contributed by atoms with Crippen LogP contribution in [-0.4, -0.2) is 76.6 Å². The van der Waals surface area contributed by atoms with E-state index in [1.54, 1.807) is 18.2 Å². The Morgan fingerprint density at radius 3 is 2.57 bits per heavy atom. The fraction of sp³-hybridized carbons (Fsp3) is 0.467. The van der Waals surface area contributed by atoms with Crippen LogP contribution in [0.5, 0.6) is 5.75 Å². The van der Waals surface area contributed by atoms with Gasteiger partial charge in [0.1, 0.15) is 18.2 Å². The second-order valence-electron chi connectivity index (χ2n) is 10.0. The average molecular weight is 608 g/mol. The van der Waals surface area contributed by atoms with Gasteiger partial charge in [-0.15, -0.1) is 11.3 Å². The normalized spacial score (nSPS) is 16.3. The van der Waals surface area contributed by atoms with Crippen LogP contribution in [0.1, 0.15) is 23.3 Å². The third kappa shape index (κ3) is 7.58. The number of hydrogen-bond donors (Lipinski definition) is 3. The minimum Gasteiger partial charge on any atom is -0.489 e. The molecule has 3 N–H and O–H groups in total. The maximum absolute atomic E-state index is 15.1. The monoisotopic (exact) mass is 607 g/mol. The number of alkyl halides is 3. The molecular formula is C30H33F4N3O4S. The Hall–Kier alpha value is -3.24. The number of fused-ring (bicyclic) bond motifs is 1. The average Bonchev–Trinajstić information content (AvgIpc) is 3.32. The summed E-state index contributed by atoms with van der Waals surface area (Å²) in [5, 5.41) is 16.3. The zero-order valence-electron chi connectivity index (χ0n) is 23.0. The molecule has 0 unspecified atom stereocenters. The summed E-state index contributed by atoms with van der Waals surface area (Å²) in [6, 6.07) is 8.42. The van der Waals surface area contributed by atoms with Crippen molar-refractivity contribution in [3.05, 3.63) is 46.6 Å². The minimum absolute atomic E-state index is 0.0153. The molecule has 226 valence electrons. The zero-order chi connectivity index (χ0) is 29.5. The number of nitrogens with one attached hydrogen (secondary N) is 2. The number of aliphatic hydroxyl groups excluding tert-OH is 1. The Bertz CT molecular complexity index is 1420. The van der Waals surface area contributed by atoms with Crippen LogP contribution in [0.3, 0.4) is 0 Å². The van der Waals surface area contributed by atoms with Gasteiger partial charge >= 0.3 is 6.18 Å². The highest BCUT2D eigenvalue weighted by atomic mass is 32.1. The number of aliphatic hydroxyl groups is 1. The molecule has 0 bridgehead atoms. The first-order valence-electron chi connectivity index (χ1n) is 13.9. The topological polar surface area (TPSA) is 75.2 Å². The van der Waals surface area contributed by atoms with Gasteiger partial charge in [0.05, 0.1) is 59.4 Å². The van der Waals surface area contributed by atoms with Crippen LogP contribution in [-0.2, 0) is 15.9 Å². The van der Waals surface area contributed by atoms with Crippen molar-refractivity contribution in [2.75, 3.05) is 74.8 Å². The Labute approximate surface area is 245 Å². The van der Waals surface area contributed by atoms with Crippen molar-refractivity contribution in [2.24, 2.45) is 0 Å². The van der Waals surface area contributed by atoms with E-state index in [0.29, 0.717) is 66.9 Å². The predicted molar refractivity (Wildman–Crippen MR) is 156 cm³/mol. The number of benzene rings is 2. The van der Waals surface area contributed by atoms with Crippen LogP contribution < -0.4 is 20.3 Å². The molecule has 2 aliphatic rings. The standard InChI is InChI=1S/C30H33F4N3O4S/c31-23-17-25(27(41-16-11-38)18-26(23)37-9-14-40-15-10-37)35-8-2-5-28-22(19-30(32,33)34)21-3-1-4-24(29(21)42-28)36-20-6-12-39-13-7-20/h1,3-4,17-18,20,35-36,38H,6-16,19H2. The smallest absolute Gasteiger partial charge is 0.393 e. The van der Waals surface area contributed by atoms with Gasteiger partial charge in [0.2, 0.25) is 0 Å². The number of ether oxygens (including phenoxy) is 3. The summed E-state index contributed by atoms with van der Waals surface area (Å²) in [6.45, 7) is 3.18. The summed E-state index contributed by atoms with van der Waals surface area (Å²) in [5.74, 6) is 5.73. The van der Waals surface area contributed by atoms with Gasteiger partial charge in [-0.1, -0.05) is 24.0 Å². The number of nitrogens with zero attached hydrogens (tertiary/aromatic N) is 1.